The first-order chi connectivity index (χ1) is 9.64. The van der Waals surface area contributed by atoms with Gasteiger partial charge in [0.15, 0.2) is 5.82 Å². The van der Waals surface area contributed by atoms with Crippen LogP contribution in [0.3, 0.4) is 0 Å². The second-order valence-corrected chi connectivity index (χ2v) is 5.70. The summed E-state index contributed by atoms with van der Waals surface area (Å²) >= 11 is 0. The van der Waals surface area contributed by atoms with E-state index >= 15 is 0 Å². The molecule has 0 aromatic carbocycles. The number of ether oxygens (including phenoxy) is 1. The van der Waals surface area contributed by atoms with Gasteiger partial charge in [0.1, 0.15) is 11.4 Å². The van der Waals surface area contributed by atoms with E-state index in [4.69, 9.17) is 14.7 Å². The normalized spacial score (nSPS) is 18.0. The molecule has 1 atom stereocenters. The summed E-state index contributed by atoms with van der Waals surface area (Å²) in [5.74, 6) is 1.84. The number of fused-ring (bicyclic) bond motifs is 1. The standard InChI is InChI=1S/C16H27N3O/c1-5-16(3,20-4)15-18-13-11-9-7-8-10-12(13)14(19-15)17-6-2/h5-11H2,1-4H3,(H,17,18,19). The van der Waals surface area contributed by atoms with Crippen molar-refractivity contribution in [3.63, 3.8) is 0 Å². The lowest BCUT2D eigenvalue weighted by molar-refractivity contribution is -0.00906. The van der Waals surface area contributed by atoms with Gasteiger partial charge in [0.05, 0.1) is 0 Å². The Morgan fingerprint density at radius 1 is 1.15 bits per heavy atom. The van der Waals surface area contributed by atoms with Crippen LogP contribution in [0.15, 0.2) is 0 Å². The van der Waals surface area contributed by atoms with E-state index in [9.17, 15) is 0 Å². The van der Waals surface area contributed by atoms with Gasteiger partial charge in [-0.25, -0.2) is 9.97 Å². The van der Waals surface area contributed by atoms with Crippen molar-refractivity contribution in [1.82, 2.24) is 9.97 Å². The molecule has 0 saturated heterocycles. The van der Waals surface area contributed by atoms with Crippen molar-refractivity contribution < 1.29 is 4.74 Å². The number of nitrogens with one attached hydrogen (secondary N) is 1. The first kappa shape index (κ1) is 15.2. The first-order valence-electron chi connectivity index (χ1n) is 7.84. The van der Waals surface area contributed by atoms with Gasteiger partial charge in [-0.15, -0.1) is 0 Å². The highest BCUT2D eigenvalue weighted by molar-refractivity contribution is 5.47. The number of methoxy groups -OCH3 is 1. The third kappa shape index (κ3) is 2.95. The highest BCUT2D eigenvalue weighted by Gasteiger charge is 2.29. The van der Waals surface area contributed by atoms with Crippen molar-refractivity contribution in [2.24, 2.45) is 0 Å². The Morgan fingerprint density at radius 3 is 2.55 bits per heavy atom. The number of rotatable bonds is 5. The van der Waals surface area contributed by atoms with Crippen molar-refractivity contribution in [3.8, 4) is 0 Å². The van der Waals surface area contributed by atoms with E-state index in [0.717, 1.165) is 37.4 Å². The fourth-order valence-corrected chi connectivity index (χ4v) is 2.71. The molecule has 0 saturated carbocycles. The Hall–Kier alpha value is -1.16. The molecule has 0 aliphatic heterocycles. The van der Waals surface area contributed by atoms with Crippen LogP contribution in [0.2, 0.25) is 0 Å². The van der Waals surface area contributed by atoms with Crippen LogP contribution in [0.25, 0.3) is 0 Å². The third-order valence-corrected chi connectivity index (χ3v) is 4.38. The van der Waals surface area contributed by atoms with Gasteiger partial charge in [-0.1, -0.05) is 13.3 Å². The van der Waals surface area contributed by atoms with Crippen LogP contribution in [-0.4, -0.2) is 23.6 Å². The number of hydrogen-bond acceptors (Lipinski definition) is 4. The Bertz CT molecular complexity index is 455. The summed E-state index contributed by atoms with van der Waals surface area (Å²) in [6, 6.07) is 0. The maximum Gasteiger partial charge on any atom is 0.162 e. The zero-order valence-corrected chi connectivity index (χ0v) is 13.3. The lowest BCUT2D eigenvalue weighted by Crippen LogP contribution is -2.28. The van der Waals surface area contributed by atoms with Crippen molar-refractivity contribution in [2.75, 3.05) is 19.0 Å². The number of hydrogen-bond donors (Lipinski definition) is 1. The fourth-order valence-electron chi connectivity index (χ4n) is 2.71. The number of nitrogens with zero attached hydrogens (tertiary/aromatic N) is 2. The van der Waals surface area contributed by atoms with Crippen LogP contribution in [-0.2, 0) is 23.2 Å². The zero-order chi connectivity index (χ0) is 14.6. The molecule has 1 aliphatic rings. The molecule has 1 aromatic heterocycles. The summed E-state index contributed by atoms with van der Waals surface area (Å²) in [6.45, 7) is 7.19. The van der Waals surface area contributed by atoms with Crippen LogP contribution in [0.4, 0.5) is 5.82 Å². The maximum atomic E-state index is 5.68. The van der Waals surface area contributed by atoms with Gasteiger partial charge >= 0.3 is 0 Å². The summed E-state index contributed by atoms with van der Waals surface area (Å²) in [6.07, 6.45) is 6.77. The SMILES string of the molecule is CCNc1nc(C(C)(CC)OC)nc2c1CCCCC2. The van der Waals surface area contributed by atoms with E-state index in [0.29, 0.717) is 0 Å². The van der Waals surface area contributed by atoms with Crippen molar-refractivity contribution in [1.29, 1.82) is 0 Å². The molecular weight excluding hydrogens is 250 g/mol. The van der Waals surface area contributed by atoms with E-state index in [1.165, 1.54) is 30.5 Å². The smallest absolute Gasteiger partial charge is 0.162 e. The van der Waals surface area contributed by atoms with Crippen LogP contribution in [0, 0.1) is 0 Å². The molecule has 1 N–H and O–H groups in total. The molecule has 1 heterocycles. The van der Waals surface area contributed by atoms with Gasteiger partial charge in [0.25, 0.3) is 0 Å². The van der Waals surface area contributed by atoms with Crippen LogP contribution < -0.4 is 5.32 Å². The minimum absolute atomic E-state index is 0.397. The Morgan fingerprint density at radius 2 is 1.90 bits per heavy atom. The lowest BCUT2D eigenvalue weighted by Gasteiger charge is -2.26. The molecule has 0 radical (unpaired) electrons. The van der Waals surface area contributed by atoms with Crippen molar-refractivity contribution in [2.45, 2.75) is 64.9 Å². The Kier molecular flexibility index (Phi) is 4.97. The van der Waals surface area contributed by atoms with Crippen molar-refractivity contribution >= 4 is 5.82 Å². The Labute approximate surface area is 122 Å². The predicted molar refractivity (Wildman–Crippen MR) is 82.1 cm³/mol. The Balaban J connectivity index is 2.50. The molecular formula is C16H27N3O. The molecule has 0 bridgehead atoms. The quantitative estimate of drug-likeness (QED) is 0.837. The summed E-state index contributed by atoms with van der Waals surface area (Å²) < 4.78 is 5.68. The third-order valence-electron chi connectivity index (χ3n) is 4.38. The van der Waals surface area contributed by atoms with Crippen LogP contribution in [0.1, 0.15) is 63.5 Å². The van der Waals surface area contributed by atoms with Gasteiger partial charge < -0.3 is 10.1 Å². The molecule has 20 heavy (non-hydrogen) atoms. The molecule has 112 valence electrons. The molecule has 1 aliphatic carbocycles. The summed E-state index contributed by atoms with van der Waals surface area (Å²) in [4.78, 5) is 9.64. The monoisotopic (exact) mass is 277 g/mol. The zero-order valence-electron chi connectivity index (χ0n) is 13.3. The van der Waals surface area contributed by atoms with Gasteiger partial charge in [-0.2, -0.15) is 0 Å². The average molecular weight is 277 g/mol. The minimum atomic E-state index is -0.397. The fraction of sp³-hybridized carbons (Fsp3) is 0.750. The number of anilines is 1. The van der Waals surface area contributed by atoms with Crippen LogP contribution in [0.5, 0.6) is 0 Å². The maximum absolute atomic E-state index is 5.68. The molecule has 2 rings (SSSR count). The second-order valence-electron chi connectivity index (χ2n) is 5.70. The molecule has 4 nitrogen and oxygen atoms in total. The van der Waals surface area contributed by atoms with Gasteiger partial charge in [0, 0.05) is 24.9 Å². The highest BCUT2D eigenvalue weighted by atomic mass is 16.5. The second kappa shape index (κ2) is 6.53. The largest absolute Gasteiger partial charge is 0.371 e. The molecule has 0 spiro atoms. The predicted octanol–water partition coefficient (Wildman–Crippen LogP) is 3.45. The minimum Gasteiger partial charge on any atom is -0.371 e. The first-order valence-corrected chi connectivity index (χ1v) is 7.84. The molecule has 1 unspecified atom stereocenters. The molecule has 0 amide bonds. The van der Waals surface area contributed by atoms with E-state index in [2.05, 4.69) is 26.1 Å². The average Bonchev–Trinajstić information content (AvgIpc) is 2.72. The molecule has 0 fully saturated rings. The summed E-state index contributed by atoms with van der Waals surface area (Å²) in [5, 5.41) is 3.42. The van der Waals surface area contributed by atoms with Crippen LogP contribution >= 0.6 is 0 Å². The molecule has 4 heteroatoms. The summed E-state index contributed by atoms with van der Waals surface area (Å²) in [7, 11) is 1.74. The lowest BCUT2D eigenvalue weighted by atomic mass is 10.0. The number of aromatic nitrogens is 2. The highest BCUT2D eigenvalue weighted by Crippen LogP contribution is 2.31. The van der Waals surface area contributed by atoms with Gasteiger partial charge in [-0.05, 0) is 46.0 Å². The van der Waals surface area contributed by atoms with E-state index in [1.807, 2.05) is 0 Å². The molecule has 1 aromatic rings. The van der Waals surface area contributed by atoms with E-state index in [-0.39, 0.29) is 0 Å². The van der Waals surface area contributed by atoms with Gasteiger partial charge in [-0.3, -0.25) is 0 Å². The van der Waals surface area contributed by atoms with Crippen molar-refractivity contribution in [3.05, 3.63) is 17.1 Å². The summed E-state index contributed by atoms with van der Waals surface area (Å²) in [5.41, 5.74) is 2.15. The number of aryl methyl sites for hydroxylation is 1. The topological polar surface area (TPSA) is 47.0 Å². The van der Waals surface area contributed by atoms with E-state index in [1.54, 1.807) is 7.11 Å². The van der Waals surface area contributed by atoms with Gasteiger partial charge in [0.2, 0.25) is 0 Å². The van der Waals surface area contributed by atoms with E-state index < -0.39 is 5.60 Å².